The lowest BCUT2D eigenvalue weighted by atomic mass is 9.90. The Morgan fingerprint density at radius 1 is 1.06 bits per heavy atom. The van der Waals surface area contributed by atoms with Gasteiger partial charge in [0.1, 0.15) is 12.4 Å². The van der Waals surface area contributed by atoms with Crippen molar-refractivity contribution in [3.63, 3.8) is 0 Å². The molecule has 2 unspecified atom stereocenters. The lowest BCUT2D eigenvalue weighted by molar-refractivity contribution is -0.146. The van der Waals surface area contributed by atoms with Crippen molar-refractivity contribution < 1.29 is 28.6 Å². The molecule has 2 N–H and O–H groups in total. The predicted octanol–water partition coefficient (Wildman–Crippen LogP) is 1.49. The van der Waals surface area contributed by atoms with E-state index in [9.17, 15) is 14.4 Å². The van der Waals surface area contributed by atoms with E-state index in [0.29, 0.717) is 37.6 Å². The number of rotatable bonds is 10. The molecule has 2 aliphatic heterocycles. The van der Waals surface area contributed by atoms with Gasteiger partial charge >= 0.3 is 5.97 Å². The summed E-state index contributed by atoms with van der Waals surface area (Å²) in [7, 11) is 0. The normalized spacial score (nSPS) is 19.7. The topological polar surface area (TPSA) is 111 Å². The Kier molecular flexibility index (Phi) is 7.99. The number of esters is 1. The molecule has 0 aliphatic carbocycles. The Morgan fingerprint density at radius 3 is 2.51 bits per heavy atom. The van der Waals surface area contributed by atoms with Crippen LogP contribution in [-0.2, 0) is 30.4 Å². The van der Waals surface area contributed by atoms with Crippen molar-refractivity contribution >= 4 is 23.3 Å². The van der Waals surface area contributed by atoms with Crippen molar-refractivity contribution in [3.8, 4) is 5.75 Å². The summed E-state index contributed by atoms with van der Waals surface area (Å²) in [6.07, 6.45) is 0. The highest BCUT2D eigenvalue weighted by Gasteiger charge is 2.43. The van der Waals surface area contributed by atoms with Gasteiger partial charge in [-0.3, -0.25) is 14.5 Å². The number of primary amides is 1. The Hall–Kier alpha value is -3.43. The molecule has 9 nitrogen and oxygen atoms in total. The van der Waals surface area contributed by atoms with E-state index < -0.39 is 23.6 Å². The van der Waals surface area contributed by atoms with Gasteiger partial charge in [-0.1, -0.05) is 36.4 Å². The van der Waals surface area contributed by atoms with Gasteiger partial charge in [0.05, 0.1) is 19.1 Å². The maximum Gasteiger partial charge on any atom is 0.344 e. The predicted molar refractivity (Wildman–Crippen MR) is 129 cm³/mol. The average molecular weight is 482 g/mol. The molecular weight excluding hydrogens is 450 g/mol. The van der Waals surface area contributed by atoms with Crippen LogP contribution in [-0.4, -0.2) is 74.7 Å². The number of morpholine rings is 1. The van der Waals surface area contributed by atoms with Crippen LogP contribution < -0.4 is 15.4 Å². The number of ether oxygens (including phenoxy) is 3. The summed E-state index contributed by atoms with van der Waals surface area (Å²) in [6, 6.07) is 14.9. The fourth-order valence-electron chi connectivity index (χ4n) is 4.67. The van der Waals surface area contributed by atoms with Crippen molar-refractivity contribution in [2.45, 2.75) is 25.4 Å². The molecule has 0 saturated carbocycles. The van der Waals surface area contributed by atoms with E-state index in [1.165, 1.54) is 0 Å². The Labute approximate surface area is 204 Å². The third kappa shape index (κ3) is 5.80. The zero-order valence-electron chi connectivity index (χ0n) is 19.9. The zero-order valence-corrected chi connectivity index (χ0v) is 19.9. The Morgan fingerprint density at radius 2 is 1.80 bits per heavy atom. The third-order valence-corrected chi connectivity index (χ3v) is 6.48. The van der Waals surface area contributed by atoms with Gasteiger partial charge in [-0.05, 0) is 24.6 Å². The van der Waals surface area contributed by atoms with Crippen molar-refractivity contribution in [2.75, 3.05) is 51.0 Å². The number of carbonyl (C=O) groups excluding carboxylic acids is 3. The maximum atomic E-state index is 12.8. The Balaban J connectivity index is 1.47. The number of anilines is 1. The number of Topliss-reactive ketones (excluding diaryl/α,β-unsaturated/α-hetero) is 1. The SMILES string of the molecule is CC1C(C(=O)C(N)=O)c2c(OCC(=O)OCCN3CCOCC3)cccc2N1Cc1ccccc1. The smallest absolute Gasteiger partial charge is 0.344 e. The van der Waals surface area contributed by atoms with Gasteiger partial charge in [-0.15, -0.1) is 0 Å². The summed E-state index contributed by atoms with van der Waals surface area (Å²) in [5.74, 6) is -2.60. The number of nitrogens with zero attached hydrogens (tertiary/aromatic N) is 2. The van der Waals surface area contributed by atoms with E-state index in [2.05, 4.69) is 9.80 Å². The highest BCUT2D eigenvalue weighted by atomic mass is 16.6. The van der Waals surface area contributed by atoms with Gasteiger partial charge < -0.3 is 24.8 Å². The van der Waals surface area contributed by atoms with Crippen molar-refractivity contribution in [1.82, 2.24) is 4.90 Å². The molecule has 2 aromatic rings. The van der Waals surface area contributed by atoms with E-state index in [1.54, 1.807) is 12.1 Å². The minimum atomic E-state index is -0.994. The van der Waals surface area contributed by atoms with Crippen LogP contribution in [0.15, 0.2) is 48.5 Å². The first kappa shape index (κ1) is 24.7. The molecule has 0 aromatic heterocycles. The van der Waals surface area contributed by atoms with E-state index in [0.717, 1.165) is 24.3 Å². The molecule has 35 heavy (non-hydrogen) atoms. The molecule has 9 heteroatoms. The molecule has 1 amide bonds. The minimum absolute atomic E-state index is 0.264. The summed E-state index contributed by atoms with van der Waals surface area (Å²) in [5, 5.41) is 0. The standard InChI is InChI=1S/C26H31N3O6/c1-18-23(25(31)26(27)32)24-20(29(18)16-19-6-3-2-4-7-19)8-5-9-21(24)35-17-22(30)34-15-12-28-10-13-33-14-11-28/h2-9,18,23H,10-17H2,1H3,(H2,27,32). The molecule has 1 fully saturated rings. The van der Waals surface area contributed by atoms with Crippen LogP contribution in [0.4, 0.5) is 5.69 Å². The van der Waals surface area contributed by atoms with Gasteiger partial charge in [0.2, 0.25) is 5.78 Å². The largest absolute Gasteiger partial charge is 0.482 e. The number of nitrogens with two attached hydrogens (primary N) is 1. The van der Waals surface area contributed by atoms with Crippen LogP contribution in [0.5, 0.6) is 5.75 Å². The Bertz CT molecular complexity index is 1050. The number of benzene rings is 2. The summed E-state index contributed by atoms with van der Waals surface area (Å²) < 4.78 is 16.5. The van der Waals surface area contributed by atoms with Crippen LogP contribution in [0, 0.1) is 0 Å². The van der Waals surface area contributed by atoms with Gasteiger partial charge in [0.15, 0.2) is 6.61 Å². The highest BCUT2D eigenvalue weighted by Crippen LogP contribution is 2.47. The van der Waals surface area contributed by atoms with E-state index >= 15 is 0 Å². The highest BCUT2D eigenvalue weighted by molar-refractivity contribution is 6.38. The lowest BCUT2D eigenvalue weighted by Crippen LogP contribution is -2.38. The van der Waals surface area contributed by atoms with Crippen LogP contribution in [0.2, 0.25) is 0 Å². The molecule has 2 aromatic carbocycles. The van der Waals surface area contributed by atoms with Crippen molar-refractivity contribution in [3.05, 3.63) is 59.7 Å². The molecule has 2 heterocycles. The third-order valence-electron chi connectivity index (χ3n) is 6.48. The molecule has 2 aliphatic rings. The van der Waals surface area contributed by atoms with Gasteiger partial charge in [-0.2, -0.15) is 0 Å². The average Bonchev–Trinajstić information content (AvgIpc) is 3.15. The second-order valence-corrected chi connectivity index (χ2v) is 8.71. The van der Waals surface area contributed by atoms with Crippen molar-refractivity contribution in [1.29, 1.82) is 0 Å². The first-order valence-electron chi connectivity index (χ1n) is 11.8. The quantitative estimate of drug-likeness (QED) is 0.401. The van der Waals surface area contributed by atoms with Crippen LogP contribution in [0.3, 0.4) is 0 Å². The van der Waals surface area contributed by atoms with E-state index in [4.69, 9.17) is 19.9 Å². The first-order valence-corrected chi connectivity index (χ1v) is 11.8. The number of ketones is 1. The van der Waals surface area contributed by atoms with Gasteiger partial charge in [0, 0.05) is 43.5 Å². The summed E-state index contributed by atoms with van der Waals surface area (Å²) in [5.41, 5.74) is 7.80. The number of hydrogen-bond acceptors (Lipinski definition) is 8. The number of hydrogen-bond donors (Lipinski definition) is 1. The van der Waals surface area contributed by atoms with Gasteiger partial charge in [0.25, 0.3) is 5.91 Å². The molecule has 0 radical (unpaired) electrons. The number of carbonyl (C=O) groups is 3. The minimum Gasteiger partial charge on any atom is -0.482 e. The van der Waals surface area contributed by atoms with E-state index in [-0.39, 0.29) is 19.3 Å². The second-order valence-electron chi connectivity index (χ2n) is 8.71. The fraction of sp³-hybridized carbons (Fsp3) is 0.423. The number of fused-ring (bicyclic) bond motifs is 1. The van der Waals surface area contributed by atoms with E-state index in [1.807, 2.05) is 43.3 Å². The first-order chi connectivity index (χ1) is 17.0. The number of amides is 1. The van der Waals surface area contributed by atoms with Crippen LogP contribution in [0.1, 0.15) is 24.0 Å². The second kappa shape index (κ2) is 11.3. The van der Waals surface area contributed by atoms with Crippen molar-refractivity contribution in [2.24, 2.45) is 5.73 Å². The summed E-state index contributed by atoms with van der Waals surface area (Å²) >= 11 is 0. The summed E-state index contributed by atoms with van der Waals surface area (Å²) in [4.78, 5) is 41.2. The monoisotopic (exact) mass is 481 g/mol. The molecule has 1 saturated heterocycles. The van der Waals surface area contributed by atoms with Gasteiger partial charge in [-0.25, -0.2) is 4.79 Å². The molecule has 186 valence electrons. The molecule has 0 spiro atoms. The zero-order chi connectivity index (χ0) is 24.8. The molecule has 0 bridgehead atoms. The van der Waals surface area contributed by atoms with Crippen LogP contribution in [0.25, 0.3) is 0 Å². The van der Waals surface area contributed by atoms with Crippen LogP contribution >= 0.6 is 0 Å². The fourth-order valence-corrected chi connectivity index (χ4v) is 4.67. The summed E-state index contributed by atoms with van der Waals surface area (Å²) in [6.45, 7) is 6.03. The maximum absolute atomic E-state index is 12.8. The molecular formula is C26H31N3O6. The molecule has 4 rings (SSSR count). The lowest BCUT2D eigenvalue weighted by Gasteiger charge is -2.26. The molecule has 2 atom stereocenters.